The van der Waals surface area contributed by atoms with Crippen molar-refractivity contribution in [1.29, 1.82) is 0 Å². The Morgan fingerprint density at radius 3 is 2.79 bits per heavy atom. The topological polar surface area (TPSA) is 88.5 Å². The fraction of sp³-hybridized carbons (Fsp3) is 0.462. The van der Waals surface area contributed by atoms with E-state index in [1.807, 2.05) is 6.92 Å². The van der Waals surface area contributed by atoms with Gasteiger partial charge in [-0.25, -0.2) is 4.79 Å². The van der Waals surface area contributed by atoms with Crippen LogP contribution in [0.3, 0.4) is 0 Å². The Morgan fingerprint density at radius 2 is 2.26 bits per heavy atom. The Labute approximate surface area is 111 Å². The molecule has 0 radical (unpaired) electrons. The van der Waals surface area contributed by atoms with E-state index in [2.05, 4.69) is 10.3 Å². The summed E-state index contributed by atoms with van der Waals surface area (Å²) in [6.45, 7) is 3.42. The van der Waals surface area contributed by atoms with Crippen LogP contribution in [0.5, 0.6) is 5.75 Å². The molecule has 0 unspecified atom stereocenters. The minimum Gasteiger partial charge on any atom is -0.482 e. The fourth-order valence-electron chi connectivity index (χ4n) is 1.48. The number of hydrogen-bond donors (Lipinski definition) is 2. The molecule has 2 atom stereocenters. The second-order valence-electron chi connectivity index (χ2n) is 4.25. The maximum absolute atomic E-state index is 11.6. The largest absolute Gasteiger partial charge is 0.482 e. The molecule has 0 saturated heterocycles. The molecule has 1 aromatic heterocycles. The van der Waals surface area contributed by atoms with Gasteiger partial charge in [-0.1, -0.05) is 20.3 Å². The first-order valence-electron chi connectivity index (χ1n) is 6.09. The van der Waals surface area contributed by atoms with Crippen LogP contribution in [-0.4, -0.2) is 34.6 Å². The van der Waals surface area contributed by atoms with Gasteiger partial charge in [0.05, 0.1) is 6.20 Å². The number of aromatic nitrogens is 1. The highest BCUT2D eigenvalue weighted by molar-refractivity contribution is 5.84. The number of ether oxygens (including phenoxy) is 1. The number of pyridine rings is 1. The number of rotatable bonds is 7. The molecular weight excluding hydrogens is 248 g/mol. The number of carbonyl (C=O) groups is 2. The van der Waals surface area contributed by atoms with Crippen molar-refractivity contribution in [2.24, 2.45) is 5.92 Å². The van der Waals surface area contributed by atoms with Crippen molar-refractivity contribution < 1.29 is 19.4 Å². The van der Waals surface area contributed by atoms with E-state index in [4.69, 9.17) is 9.84 Å². The van der Waals surface area contributed by atoms with Gasteiger partial charge in [-0.2, -0.15) is 0 Å². The normalized spacial score (nSPS) is 13.4. The molecule has 0 aliphatic heterocycles. The number of aliphatic carboxylic acids is 1. The lowest BCUT2D eigenvalue weighted by Gasteiger charge is -2.20. The van der Waals surface area contributed by atoms with Crippen LogP contribution in [0.25, 0.3) is 0 Å². The number of carboxylic acid groups (broad SMARTS) is 1. The van der Waals surface area contributed by atoms with E-state index in [1.54, 1.807) is 25.3 Å². The summed E-state index contributed by atoms with van der Waals surface area (Å²) in [4.78, 5) is 26.5. The SMILES string of the molecule is CC[C@H](C)[C@H](NC(=O)COc1cccnc1)C(=O)O. The number of amides is 1. The van der Waals surface area contributed by atoms with Gasteiger partial charge in [0.15, 0.2) is 6.61 Å². The van der Waals surface area contributed by atoms with E-state index in [-0.39, 0.29) is 12.5 Å². The Bertz CT molecular complexity index is 422. The average molecular weight is 266 g/mol. The minimum atomic E-state index is -1.04. The summed E-state index contributed by atoms with van der Waals surface area (Å²) in [6.07, 6.45) is 3.74. The van der Waals surface area contributed by atoms with Crippen LogP contribution in [-0.2, 0) is 9.59 Å². The van der Waals surface area contributed by atoms with Crippen molar-refractivity contribution in [3.05, 3.63) is 24.5 Å². The van der Waals surface area contributed by atoms with Crippen LogP contribution in [0, 0.1) is 5.92 Å². The molecule has 0 saturated carbocycles. The third kappa shape index (κ3) is 4.95. The van der Waals surface area contributed by atoms with Crippen molar-refractivity contribution >= 4 is 11.9 Å². The zero-order valence-electron chi connectivity index (χ0n) is 11.0. The number of carboxylic acids is 1. The van der Waals surface area contributed by atoms with E-state index < -0.39 is 17.9 Å². The molecule has 0 spiro atoms. The molecular formula is C13H18N2O4. The standard InChI is InChI=1S/C13H18N2O4/c1-3-9(2)12(13(17)18)15-11(16)8-19-10-5-4-6-14-7-10/h4-7,9,12H,3,8H2,1-2H3,(H,15,16)(H,17,18)/t9-,12-/m0/s1. The molecule has 0 aromatic carbocycles. The maximum atomic E-state index is 11.6. The van der Waals surface area contributed by atoms with E-state index in [0.717, 1.165) is 0 Å². The monoisotopic (exact) mass is 266 g/mol. The number of nitrogens with one attached hydrogen (secondary N) is 1. The highest BCUT2D eigenvalue weighted by Crippen LogP contribution is 2.08. The first-order chi connectivity index (χ1) is 9.04. The average Bonchev–Trinajstić information content (AvgIpc) is 2.42. The summed E-state index contributed by atoms with van der Waals surface area (Å²) in [5.41, 5.74) is 0. The quantitative estimate of drug-likeness (QED) is 0.770. The Hall–Kier alpha value is -2.11. The van der Waals surface area contributed by atoms with Gasteiger partial charge >= 0.3 is 5.97 Å². The highest BCUT2D eigenvalue weighted by atomic mass is 16.5. The van der Waals surface area contributed by atoms with Crippen LogP contribution in [0.2, 0.25) is 0 Å². The minimum absolute atomic E-state index is 0.139. The van der Waals surface area contributed by atoms with Gasteiger partial charge in [0, 0.05) is 6.20 Å². The van der Waals surface area contributed by atoms with Gasteiger partial charge in [-0.3, -0.25) is 9.78 Å². The van der Waals surface area contributed by atoms with Crippen molar-refractivity contribution in [2.45, 2.75) is 26.3 Å². The van der Waals surface area contributed by atoms with Crippen molar-refractivity contribution in [3.8, 4) is 5.75 Å². The zero-order chi connectivity index (χ0) is 14.3. The first-order valence-corrected chi connectivity index (χ1v) is 6.09. The molecule has 2 N–H and O–H groups in total. The van der Waals surface area contributed by atoms with Crippen molar-refractivity contribution in [3.63, 3.8) is 0 Å². The second-order valence-corrected chi connectivity index (χ2v) is 4.25. The van der Waals surface area contributed by atoms with Crippen LogP contribution in [0.1, 0.15) is 20.3 Å². The van der Waals surface area contributed by atoms with E-state index in [0.29, 0.717) is 12.2 Å². The number of hydrogen-bond acceptors (Lipinski definition) is 4. The molecule has 0 bridgehead atoms. The molecule has 0 aliphatic rings. The van der Waals surface area contributed by atoms with Crippen LogP contribution in [0.4, 0.5) is 0 Å². The summed E-state index contributed by atoms with van der Waals surface area (Å²) < 4.78 is 5.19. The zero-order valence-corrected chi connectivity index (χ0v) is 11.0. The molecule has 19 heavy (non-hydrogen) atoms. The van der Waals surface area contributed by atoms with E-state index in [1.165, 1.54) is 6.20 Å². The Morgan fingerprint density at radius 1 is 1.53 bits per heavy atom. The summed E-state index contributed by atoms with van der Waals surface area (Å²) >= 11 is 0. The fourth-order valence-corrected chi connectivity index (χ4v) is 1.48. The van der Waals surface area contributed by atoms with Crippen LogP contribution < -0.4 is 10.1 Å². The summed E-state index contributed by atoms with van der Waals surface area (Å²) in [6, 6.07) is 2.46. The predicted octanol–water partition coefficient (Wildman–Crippen LogP) is 1.08. The number of carbonyl (C=O) groups excluding carboxylic acids is 1. The highest BCUT2D eigenvalue weighted by Gasteiger charge is 2.25. The Balaban J connectivity index is 2.47. The third-order valence-corrected chi connectivity index (χ3v) is 2.80. The third-order valence-electron chi connectivity index (χ3n) is 2.80. The smallest absolute Gasteiger partial charge is 0.326 e. The molecule has 1 rings (SSSR count). The van der Waals surface area contributed by atoms with E-state index in [9.17, 15) is 9.59 Å². The summed E-state index contributed by atoms with van der Waals surface area (Å²) in [5.74, 6) is -1.17. The van der Waals surface area contributed by atoms with Gasteiger partial charge in [-0.15, -0.1) is 0 Å². The second kappa shape index (κ2) is 7.35. The lowest BCUT2D eigenvalue weighted by Crippen LogP contribution is -2.46. The van der Waals surface area contributed by atoms with Crippen molar-refractivity contribution in [2.75, 3.05) is 6.61 Å². The molecule has 6 heteroatoms. The van der Waals surface area contributed by atoms with E-state index >= 15 is 0 Å². The molecule has 0 aliphatic carbocycles. The predicted molar refractivity (Wildman–Crippen MR) is 68.8 cm³/mol. The lowest BCUT2D eigenvalue weighted by molar-refractivity contribution is -0.143. The molecule has 1 amide bonds. The lowest BCUT2D eigenvalue weighted by atomic mass is 9.99. The van der Waals surface area contributed by atoms with Crippen LogP contribution >= 0.6 is 0 Å². The molecule has 1 aromatic rings. The van der Waals surface area contributed by atoms with Gasteiger partial charge < -0.3 is 15.2 Å². The van der Waals surface area contributed by atoms with Gasteiger partial charge in [0.1, 0.15) is 11.8 Å². The van der Waals surface area contributed by atoms with Crippen LogP contribution in [0.15, 0.2) is 24.5 Å². The Kier molecular flexibility index (Phi) is 5.78. The molecule has 6 nitrogen and oxygen atoms in total. The van der Waals surface area contributed by atoms with Gasteiger partial charge in [0.2, 0.25) is 0 Å². The number of nitrogens with zero attached hydrogens (tertiary/aromatic N) is 1. The first kappa shape index (κ1) is 14.9. The molecule has 104 valence electrons. The summed E-state index contributed by atoms with van der Waals surface area (Å²) in [5, 5.41) is 11.5. The maximum Gasteiger partial charge on any atom is 0.326 e. The van der Waals surface area contributed by atoms with Gasteiger partial charge in [0.25, 0.3) is 5.91 Å². The summed E-state index contributed by atoms with van der Waals surface area (Å²) in [7, 11) is 0. The van der Waals surface area contributed by atoms with Gasteiger partial charge in [-0.05, 0) is 18.1 Å². The molecule has 0 fully saturated rings. The van der Waals surface area contributed by atoms with Crippen molar-refractivity contribution in [1.82, 2.24) is 10.3 Å². The molecule has 1 heterocycles.